The lowest BCUT2D eigenvalue weighted by atomic mass is 10.1. The summed E-state index contributed by atoms with van der Waals surface area (Å²) in [4.78, 5) is 24.4. The van der Waals surface area contributed by atoms with Crippen LogP contribution in [0.15, 0.2) is 36.5 Å². The fourth-order valence-corrected chi connectivity index (χ4v) is 7.44. The maximum absolute atomic E-state index is 12.4. The van der Waals surface area contributed by atoms with Crippen LogP contribution in [0.4, 0.5) is 0 Å². The first-order chi connectivity index (χ1) is 28.5. The van der Waals surface area contributed by atoms with Crippen LogP contribution in [0.25, 0.3) is 0 Å². The molecule has 6 nitrogen and oxygen atoms in total. The lowest BCUT2D eigenvalue weighted by molar-refractivity contribution is -0.143. The van der Waals surface area contributed by atoms with Gasteiger partial charge in [-0.15, -0.1) is 0 Å². The number of unbranched alkanes of at least 4 members (excludes halogenated alkanes) is 31. The number of allylic oxidation sites excluding steroid dienone is 5. The molecule has 0 radical (unpaired) electrons. The zero-order valence-corrected chi connectivity index (χ0v) is 38.5. The summed E-state index contributed by atoms with van der Waals surface area (Å²) in [6.07, 6.45) is 57.1. The lowest BCUT2D eigenvalue weighted by Crippen LogP contribution is -2.45. The van der Waals surface area contributed by atoms with E-state index < -0.39 is 12.1 Å². The summed E-state index contributed by atoms with van der Waals surface area (Å²) in [5.41, 5.74) is 0. The minimum absolute atomic E-state index is 0.0183. The van der Waals surface area contributed by atoms with Gasteiger partial charge in [-0.3, -0.25) is 9.59 Å². The van der Waals surface area contributed by atoms with E-state index in [1.807, 2.05) is 6.08 Å². The highest BCUT2D eigenvalue weighted by Gasteiger charge is 2.18. The number of ether oxygens (including phenoxy) is 1. The Balaban J connectivity index is 3.51. The number of carbonyl (C=O) groups excluding carboxylic acids is 2. The Morgan fingerprint density at radius 1 is 0.466 bits per heavy atom. The molecule has 0 aliphatic rings. The van der Waals surface area contributed by atoms with Gasteiger partial charge in [-0.1, -0.05) is 198 Å². The van der Waals surface area contributed by atoms with Gasteiger partial charge < -0.3 is 20.3 Å². The number of aliphatic hydroxyl groups is 2. The Hall–Kier alpha value is -1.92. The first kappa shape index (κ1) is 56.1. The summed E-state index contributed by atoms with van der Waals surface area (Å²) in [7, 11) is 0. The third-order valence-corrected chi connectivity index (χ3v) is 11.4. The summed E-state index contributed by atoms with van der Waals surface area (Å²) in [5, 5.41) is 22.9. The quantitative estimate of drug-likeness (QED) is 0.0323. The van der Waals surface area contributed by atoms with Crippen molar-refractivity contribution >= 4 is 11.9 Å². The molecule has 0 fully saturated rings. The Bertz CT molecular complexity index is 946. The predicted octanol–water partition coefficient (Wildman–Crippen LogP) is 14.9. The van der Waals surface area contributed by atoms with Gasteiger partial charge in [-0.25, -0.2) is 0 Å². The molecule has 0 saturated heterocycles. The first-order valence-electron chi connectivity index (χ1n) is 25.3. The largest absolute Gasteiger partial charge is 0.466 e. The minimum atomic E-state index is -0.860. The van der Waals surface area contributed by atoms with Crippen LogP contribution in [0.3, 0.4) is 0 Å². The van der Waals surface area contributed by atoms with Gasteiger partial charge in [0.05, 0.1) is 25.4 Å². The van der Waals surface area contributed by atoms with Crippen molar-refractivity contribution in [3.63, 3.8) is 0 Å². The maximum atomic E-state index is 12.4. The summed E-state index contributed by atoms with van der Waals surface area (Å²) in [5.74, 6) is -0.119. The monoisotopic (exact) mass is 816 g/mol. The molecule has 0 aromatic carbocycles. The molecule has 0 bridgehead atoms. The highest BCUT2D eigenvalue weighted by atomic mass is 16.5. The maximum Gasteiger partial charge on any atom is 0.305 e. The predicted molar refractivity (Wildman–Crippen MR) is 250 cm³/mol. The van der Waals surface area contributed by atoms with Crippen LogP contribution in [-0.2, 0) is 14.3 Å². The van der Waals surface area contributed by atoms with E-state index in [9.17, 15) is 19.8 Å². The molecule has 1 amide bonds. The van der Waals surface area contributed by atoms with Crippen molar-refractivity contribution in [2.75, 3.05) is 13.2 Å². The number of carbonyl (C=O) groups is 2. The van der Waals surface area contributed by atoms with Crippen LogP contribution in [-0.4, -0.2) is 47.4 Å². The lowest BCUT2D eigenvalue weighted by Gasteiger charge is -2.19. The molecular formula is C52H97NO5. The molecule has 0 rings (SSSR count). The van der Waals surface area contributed by atoms with Gasteiger partial charge in [0, 0.05) is 12.8 Å². The molecule has 0 aromatic heterocycles. The third-order valence-electron chi connectivity index (χ3n) is 11.4. The molecule has 3 N–H and O–H groups in total. The molecule has 340 valence electrons. The minimum Gasteiger partial charge on any atom is -0.466 e. The molecule has 0 saturated carbocycles. The van der Waals surface area contributed by atoms with Gasteiger partial charge in [-0.2, -0.15) is 0 Å². The van der Waals surface area contributed by atoms with E-state index in [2.05, 4.69) is 43.5 Å². The second kappa shape index (κ2) is 47.8. The van der Waals surface area contributed by atoms with E-state index in [0.717, 1.165) is 70.6 Å². The van der Waals surface area contributed by atoms with Crippen molar-refractivity contribution in [1.29, 1.82) is 0 Å². The first-order valence-corrected chi connectivity index (χ1v) is 25.3. The number of nitrogens with one attached hydrogen (secondary N) is 1. The Labute approximate surface area is 360 Å². The highest BCUT2D eigenvalue weighted by molar-refractivity contribution is 5.76. The molecule has 0 aromatic rings. The number of hydrogen-bond donors (Lipinski definition) is 3. The van der Waals surface area contributed by atoms with Crippen molar-refractivity contribution in [3.8, 4) is 0 Å². The van der Waals surface area contributed by atoms with Gasteiger partial charge in [0.25, 0.3) is 0 Å². The molecule has 6 heteroatoms. The molecule has 2 unspecified atom stereocenters. The van der Waals surface area contributed by atoms with Crippen molar-refractivity contribution in [2.24, 2.45) is 0 Å². The summed E-state index contributed by atoms with van der Waals surface area (Å²) in [6, 6.07) is -0.647. The van der Waals surface area contributed by atoms with E-state index in [1.54, 1.807) is 6.08 Å². The highest BCUT2D eigenvalue weighted by Crippen LogP contribution is 2.14. The summed E-state index contributed by atoms with van der Waals surface area (Å²) < 4.78 is 5.46. The smallest absolute Gasteiger partial charge is 0.305 e. The van der Waals surface area contributed by atoms with Gasteiger partial charge in [0.15, 0.2) is 0 Å². The van der Waals surface area contributed by atoms with Crippen LogP contribution in [0.5, 0.6) is 0 Å². The van der Waals surface area contributed by atoms with Gasteiger partial charge >= 0.3 is 5.97 Å². The number of rotatable bonds is 46. The van der Waals surface area contributed by atoms with Crippen LogP contribution in [0.1, 0.15) is 258 Å². The topological polar surface area (TPSA) is 95.9 Å². The Morgan fingerprint density at radius 2 is 0.810 bits per heavy atom. The van der Waals surface area contributed by atoms with E-state index in [4.69, 9.17) is 4.74 Å². The SMILES string of the molecule is CCCCCCCC/C=C\CCCCCCCCCC(=O)OCCCCCCCC/C=C\CCCCCC(=O)NC(CO)C(O)/C=C/CCCCCCCCCCC. The Morgan fingerprint density at radius 3 is 1.24 bits per heavy atom. The molecule has 58 heavy (non-hydrogen) atoms. The van der Waals surface area contributed by atoms with Crippen molar-refractivity contribution in [2.45, 2.75) is 270 Å². The normalized spacial score (nSPS) is 13.0. The molecule has 0 spiro atoms. The fraction of sp³-hybridized carbons (Fsp3) is 0.846. The van der Waals surface area contributed by atoms with E-state index in [1.165, 1.54) is 161 Å². The van der Waals surface area contributed by atoms with E-state index in [0.29, 0.717) is 19.4 Å². The summed E-state index contributed by atoms with van der Waals surface area (Å²) in [6.45, 7) is 4.83. The second-order valence-electron chi connectivity index (χ2n) is 17.1. The van der Waals surface area contributed by atoms with Crippen LogP contribution >= 0.6 is 0 Å². The van der Waals surface area contributed by atoms with Crippen molar-refractivity contribution in [1.82, 2.24) is 5.32 Å². The number of aliphatic hydroxyl groups excluding tert-OH is 2. The molecule has 0 heterocycles. The van der Waals surface area contributed by atoms with Crippen molar-refractivity contribution < 1.29 is 24.5 Å². The summed E-state index contributed by atoms with van der Waals surface area (Å²) >= 11 is 0. The number of esters is 1. The molecule has 0 aliphatic carbocycles. The van der Waals surface area contributed by atoms with E-state index >= 15 is 0 Å². The molecule has 2 atom stereocenters. The van der Waals surface area contributed by atoms with Gasteiger partial charge in [0.1, 0.15) is 0 Å². The zero-order chi connectivity index (χ0) is 42.3. The van der Waals surface area contributed by atoms with Crippen LogP contribution in [0.2, 0.25) is 0 Å². The zero-order valence-electron chi connectivity index (χ0n) is 38.5. The van der Waals surface area contributed by atoms with Crippen LogP contribution < -0.4 is 5.32 Å². The fourth-order valence-electron chi connectivity index (χ4n) is 7.44. The standard InChI is InChI=1S/C52H97NO5/c1-3-5-7-9-11-13-15-16-17-18-19-22-26-30-34-38-42-46-52(57)58-47-43-39-35-31-27-23-20-21-25-29-33-37-41-45-51(56)53-49(48-54)50(55)44-40-36-32-28-24-14-12-10-8-6-4-2/h16-17,21,25,40,44,49-50,54-55H,3-15,18-20,22-24,26-39,41-43,45-48H2,1-2H3,(H,53,56)/b17-16-,25-21-,44-40+. The van der Waals surface area contributed by atoms with Crippen LogP contribution in [0, 0.1) is 0 Å². The average molecular weight is 816 g/mol. The Kier molecular flexibility index (Phi) is 46.2. The van der Waals surface area contributed by atoms with E-state index in [-0.39, 0.29) is 18.5 Å². The number of hydrogen-bond acceptors (Lipinski definition) is 5. The average Bonchev–Trinajstić information content (AvgIpc) is 3.22. The molecular weight excluding hydrogens is 719 g/mol. The van der Waals surface area contributed by atoms with Gasteiger partial charge in [-0.05, 0) is 83.5 Å². The third kappa shape index (κ3) is 43.7. The van der Waals surface area contributed by atoms with Crippen molar-refractivity contribution in [3.05, 3.63) is 36.5 Å². The number of amides is 1. The van der Waals surface area contributed by atoms with Gasteiger partial charge in [0.2, 0.25) is 5.91 Å². The molecule has 0 aliphatic heterocycles. The second-order valence-corrected chi connectivity index (χ2v) is 17.1.